The first-order valence-corrected chi connectivity index (χ1v) is 5.84. The molecular weight excluding hydrogens is 202 g/mol. The first-order valence-electron chi connectivity index (χ1n) is 5.84. The van der Waals surface area contributed by atoms with Gasteiger partial charge in [-0.25, -0.2) is 0 Å². The van der Waals surface area contributed by atoms with Gasteiger partial charge in [0.2, 0.25) is 0 Å². The second kappa shape index (κ2) is 5.32. The molecule has 88 valence electrons. The van der Waals surface area contributed by atoms with Crippen molar-refractivity contribution >= 4 is 0 Å². The molecule has 2 N–H and O–H groups in total. The Hall–Kier alpha value is -1.06. The monoisotopic (exact) mass is 221 g/mol. The SMILES string of the molecule is COc1cccc([C@H](O)C2CCNCC2)c1. The maximum absolute atomic E-state index is 10.3. The molecule has 1 aromatic rings. The largest absolute Gasteiger partial charge is 0.497 e. The summed E-state index contributed by atoms with van der Waals surface area (Å²) in [5.74, 6) is 1.18. The Balaban J connectivity index is 2.09. The third-order valence-corrected chi connectivity index (χ3v) is 3.27. The van der Waals surface area contributed by atoms with E-state index in [1.54, 1.807) is 7.11 Å². The Morgan fingerprint density at radius 1 is 1.38 bits per heavy atom. The Bertz CT molecular complexity index is 334. The molecule has 1 aromatic carbocycles. The van der Waals surface area contributed by atoms with E-state index in [4.69, 9.17) is 4.74 Å². The molecule has 16 heavy (non-hydrogen) atoms. The highest BCUT2D eigenvalue weighted by Crippen LogP contribution is 2.30. The predicted octanol–water partition coefficient (Wildman–Crippen LogP) is 1.73. The van der Waals surface area contributed by atoms with E-state index in [1.807, 2.05) is 24.3 Å². The van der Waals surface area contributed by atoms with E-state index in [2.05, 4.69) is 5.32 Å². The van der Waals surface area contributed by atoms with Crippen LogP contribution in [0, 0.1) is 5.92 Å². The van der Waals surface area contributed by atoms with E-state index in [0.29, 0.717) is 5.92 Å². The molecule has 1 heterocycles. The first kappa shape index (κ1) is 11.4. The van der Waals surface area contributed by atoms with Gasteiger partial charge in [-0.05, 0) is 49.5 Å². The summed E-state index contributed by atoms with van der Waals surface area (Å²) in [4.78, 5) is 0. The van der Waals surface area contributed by atoms with Crippen LogP contribution >= 0.6 is 0 Å². The van der Waals surface area contributed by atoms with Crippen molar-refractivity contribution in [2.45, 2.75) is 18.9 Å². The summed E-state index contributed by atoms with van der Waals surface area (Å²) >= 11 is 0. The molecule has 3 nitrogen and oxygen atoms in total. The van der Waals surface area contributed by atoms with Gasteiger partial charge in [0.15, 0.2) is 0 Å². The van der Waals surface area contributed by atoms with Crippen LogP contribution in [0.15, 0.2) is 24.3 Å². The lowest BCUT2D eigenvalue weighted by atomic mass is 9.88. The van der Waals surface area contributed by atoms with E-state index in [1.165, 1.54) is 0 Å². The molecule has 0 unspecified atom stereocenters. The van der Waals surface area contributed by atoms with Crippen molar-refractivity contribution in [3.8, 4) is 5.75 Å². The molecule has 1 aliphatic rings. The highest BCUT2D eigenvalue weighted by molar-refractivity contribution is 5.30. The number of ether oxygens (including phenoxy) is 1. The molecule has 0 aliphatic carbocycles. The number of methoxy groups -OCH3 is 1. The second-order valence-electron chi connectivity index (χ2n) is 4.31. The normalized spacial score (nSPS) is 19.4. The lowest BCUT2D eigenvalue weighted by Gasteiger charge is -2.27. The van der Waals surface area contributed by atoms with E-state index in [9.17, 15) is 5.11 Å². The van der Waals surface area contributed by atoms with Crippen molar-refractivity contribution in [3.05, 3.63) is 29.8 Å². The van der Waals surface area contributed by atoms with Crippen molar-refractivity contribution in [2.24, 2.45) is 5.92 Å². The quantitative estimate of drug-likeness (QED) is 0.816. The minimum absolute atomic E-state index is 0.364. The molecule has 1 fully saturated rings. The predicted molar refractivity (Wildman–Crippen MR) is 63.5 cm³/mol. The minimum Gasteiger partial charge on any atom is -0.497 e. The molecule has 1 saturated heterocycles. The van der Waals surface area contributed by atoms with Gasteiger partial charge in [-0.1, -0.05) is 12.1 Å². The van der Waals surface area contributed by atoms with Crippen LogP contribution in [0.3, 0.4) is 0 Å². The van der Waals surface area contributed by atoms with Crippen LogP contribution in [0.2, 0.25) is 0 Å². The summed E-state index contributed by atoms with van der Waals surface area (Å²) in [5, 5.41) is 13.6. The highest BCUT2D eigenvalue weighted by atomic mass is 16.5. The fraction of sp³-hybridized carbons (Fsp3) is 0.538. The van der Waals surface area contributed by atoms with Gasteiger partial charge in [0.25, 0.3) is 0 Å². The summed E-state index contributed by atoms with van der Waals surface area (Å²) in [6.45, 7) is 2.01. The van der Waals surface area contributed by atoms with Gasteiger partial charge in [0.05, 0.1) is 13.2 Å². The van der Waals surface area contributed by atoms with Crippen LogP contribution in [0.4, 0.5) is 0 Å². The Labute approximate surface area is 96.4 Å². The molecule has 0 bridgehead atoms. The molecule has 0 aromatic heterocycles. The number of hydrogen-bond donors (Lipinski definition) is 2. The number of rotatable bonds is 3. The van der Waals surface area contributed by atoms with E-state index in [0.717, 1.165) is 37.2 Å². The fourth-order valence-electron chi connectivity index (χ4n) is 2.26. The topological polar surface area (TPSA) is 41.5 Å². The van der Waals surface area contributed by atoms with Gasteiger partial charge in [0, 0.05) is 0 Å². The van der Waals surface area contributed by atoms with Gasteiger partial charge in [0.1, 0.15) is 5.75 Å². The van der Waals surface area contributed by atoms with Gasteiger partial charge >= 0.3 is 0 Å². The maximum atomic E-state index is 10.3. The average molecular weight is 221 g/mol. The average Bonchev–Trinajstić information content (AvgIpc) is 2.39. The van der Waals surface area contributed by atoms with Crippen molar-refractivity contribution in [1.82, 2.24) is 5.32 Å². The molecule has 1 aliphatic heterocycles. The van der Waals surface area contributed by atoms with Crippen molar-refractivity contribution in [3.63, 3.8) is 0 Å². The first-order chi connectivity index (χ1) is 7.81. The van der Waals surface area contributed by atoms with Gasteiger partial charge in [-0.3, -0.25) is 0 Å². The van der Waals surface area contributed by atoms with Crippen LogP contribution < -0.4 is 10.1 Å². The van der Waals surface area contributed by atoms with Crippen molar-refractivity contribution < 1.29 is 9.84 Å². The lowest BCUT2D eigenvalue weighted by molar-refractivity contribution is 0.0887. The summed E-state index contributed by atoms with van der Waals surface area (Å²) in [7, 11) is 1.65. The Morgan fingerprint density at radius 3 is 2.81 bits per heavy atom. The van der Waals surface area contributed by atoms with Crippen LogP contribution in [0.1, 0.15) is 24.5 Å². The lowest BCUT2D eigenvalue weighted by Crippen LogP contribution is -2.30. The van der Waals surface area contributed by atoms with Crippen molar-refractivity contribution in [1.29, 1.82) is 0 Å². The van der Waals surface area contributed by atoms with Gasteiger partial charge in [-0.2, -0.15) is 0 Å². The third-order valence-electron chi connectivity index (χ3n) is 3.27. The molecule has 0 amide bonds. The zero-order chi connectivity index (χ0) is 11.4. The van der Waals surface area contributed by atoms with E-state index >= 15 is 0 Å². The zero-order valence-corrected chi connectivity index (χ0v) is 9.65. The molecule has 0 saturated carbocycles. The van der Waals surface area contributed by atoms with Crippen molar-refractivity contribution in [2.75, 3.05) is 20.2 Å². The number of aliphatic hydroxyl groups excluding tert-OH is 1. The molecular formula is C13H19NO2. The standard InChI is InChI=1S/C13H19NO2/c1-16-12-4-2-3-11(9-12)13(15)10-5-7-14-8-6-10/h2-4,9-10,13-15H,5-8H2,1H3/t13-/m1/s1. The van der Waals surface area contributed by atoms with Crippen LogP contribution in [-0.4, -0.2) is 25.3 Å². The summed E-state index contributed by atoms with van der Waals surface area (Å²) in [5.41, 5.74) is 0.964. The van der Waals surface area contributed by atoms with Crippen LogP contribution in [0.5, 0.6) is 5.75 Å². The molecule has 1 atom stereocenters. The number of hydrogen-bond acceptors (Lipinski definition) is 3. The van der Waals surface area contributed by atoms with E-state index in [-0.39, 0.29) is 6.10 Å². The number of nitrogens with one attached hydrogen (secondary N) is 1. The van der Waals surface area contributed by atoms with Gasteiger partial charge in [-0.15, -0.1) is 0 Å². The zero-order valence-electron chi connectivity index (χ0n) is 9.65. The van der Waals surface area contributed by atoms with Crippen LogP contribution in [-0.2, 0) is 0 Å². The molecule has 0 radical (unpaired) electrons. The van der Waals surface area contributed by atoms with Crippen LogP contribution in [0.25, 0.3) is 0 Å². The second-order valence-corrected chi connectivity index (χ2v) is 4.31. The summed E-state index contributed by atoms with van der Waals surface area (Å²) in [6.07, 6.45) is 1.72. The fourth-order valence-corrected chi connectivity index (χ4v) is 2.26. The van der Waals surface area contributed by atoms with E-state index < -0.39 is 0 Å². The molecule has 0 spiro atoms. The van der Waals surface area contributed by atoms with Gasteiger partial charge < -0.3 is 15.2 Å². The maximum Gasteiger partial charge on any atom is 0.119 e. The Morgan fingerprint density at radius 2 is 2.12 bits per heavy atom. The Kier molecular flexibility index (Phi) is 3.80. The molecule has 3 heteroatoms. The highest BCUT2D eigenvalue weighted by Gasteiger charge is 2.22. The number of piperidine rings is 1. The molecule has 2 rings (SSSR count). The number of aliphatic hydroxyl groups is 1. The minimum atomic E-state index is -0.364. The summed E-state index contributed by atoms with van der Waals surface area (Å²) in [6, 6.07) is 7.72. The third kappa shape index (κ3) is 2.54. The number of benzene rings is 1. The summed E-state index contributed by atoms with van der Waals surface area (Å²) < 4.78 is 5.17. The smallest absolute Gasteiger partial charge is 0.119 e.